The monoisotopic (exact) mass is 996 g/mol. The average molecular weight is 997 g/mol. The number of aromatic nitrogens is 6. The van der Waals surface area contributed by atoms with Gasteiger partial charge in [0.2, 0.25) is 5.88 Å². The number of benzene rings is 2. The number of hydrogen-bond acceptors (Lipinski definition) is 15. The zero-order valence-electron chi connectivity index (χ0n) is 41.8. The van der Waals surface area contributed by atoms with E-state index in [1.807, 2.05) is 28.9 Å². The van der Waals surface area contributed by atoms with Crippen LogP contribution >= 0.6 is 11.6 Å². The molecule has 3 saturated heterocycles. The maximum atomic E-state index is 14.1. The number of likely N-dealkylation sites (tertiary alicyclic amines) is 1. The van der Waals surface area contributed by atoms with Gasteiger partial charge >= 0.3 is 6.01 Å². The summed E-state index contributed by atoms with van der Waals surface area (Å²) in [5.74, 6) is 2.79. The molecule has 6 aromatic rings. The number of nitriles is 1. The molecule has 4 aromatic heterocycles. The number of ether oxygens (including phenoxy) is 2. The Morgan fingerprint density at radius 3 is 2.50 bits per heavy atom. The number of piperidine rings is 1. The van der Waals surface area contributed by atoms with Crippen LogP contribution in [0.1, 0.15) is 74.8 Å². The summed E-state index contributed by atoms with van der Waals surface area (Å²) < 4.78 is 14.3. The van der Waals surface area contributed by atoms with E-state index in [-0.39, 0.29) is 31.1 Å². The predicted molar refractivity (Wildman–Crippen MR) is 282 cm³/mol. The summed E-state index contributed by atoms with van der Waals surface area (Å²) in [4.78, 5) is 44.8. The summed E-state index contributed by atoms with van der Waals surface area (Å²) in [7, 11) is 2.13. The number of likely N-dealkylation sites (N-methyl/N-ethyl adjacent to an activating group) is 1. The van der Waals surface area contributed by atoms with Gasteiger partial charge in [-0.05, 0) is 88.5 Å². The van der Waals surface area contributed by atoms with Crippen molar-refractivity contribution in [1.29, 1.82) is 5.26 Å². The van der Waals surface area contributed by atoms with Gasteiger partial charge in [-0.2, -0.15) is 24.8 Å². The summed E-state index contributed by atoms with van der Waals surface area (Å²) >= 11 is 6.80. The largest absolute Gasteiger partial charge is 0.473 e. The number of piperazine rings is 1. The Hall–Kier alpha value is -6.74. The number of nitrogens with one attached hydrogen (secondary N) is 1. The van der Waals surface area contributed by atoms with E-state index >= 15 is 0 Å². The molecule has 2 N–H and O–H groups in total. The van der Waals surface area contributed by atoms with Crippen molar-refractivity contribution in [3.05, 3.63) is 107 Å². The van der Waals surface area contributed by atoms with Crippen molar-refractivity contribution in [2.75, 3.05) is 92.7 Å². The van der Waals surface area contributed by atoms with Gasteiger partial charge in [0.1, 0.15) is 30.7 Å². The SMILES string of the molecule is C=C(COc1ccc(CNc2cc(N3CCCCC3)nc3c(CC)cnn23)cn1)C(=O)N1CCN(c2nc(OCC3CCCN3C)nc3c2CCN(c2cccc4cccc(Cl)c24)C3)CC1CC#N.CCO. The van der Waals surface area contributed by atoms with Crippen LogP contribution in [0.5, 0.6) is 11.9 Å². The predicted octanol–water partition coefficient (Wildman–Crippen LogP) is 7.49. The van der Waals surface area contributed by atoms with E-state index in [9.17, 15) is 10.1 Å². The summed E-state index contributed by atoms with van der Waals surface area (Å²) in [6.07, 6.45) is 11.2. The summed E-state index contributed by atoms with van der Waals surface area (Å²) in [5, 5.41) is 28.6. The minimum absolute atomic E-state index is 0.0367. The fourth-order valence-corrected chi connectivity index (χ4v) is 10.6. The lowest BCUT2D eigenvalue weighted by Gasteiger charge is -2.42. The lowest BCUT2D eigenvalue weighted by Crippen LogP contribution is -2.56. The number of anilines is 4. The number of halogens is 1. The highest BCUT2D eigenvalue weighted by atomic mass is 35.5. The van der Waals surface area contributed by atoms with Crippen LogP contribution in [0.4, 0.5) is 23.1 Å². The first-order valence-corrected chi connectivity index (χ1v) is 25.8. The minimum Gasteiger partial charge on any atom is -0.473 e. The Morgan fingerprint density at radius 2 is 1.75 bits per heavy atom. The maximum absolute atomic E-state index is 14.1. The maximum Gasteiger partial charge on any atom is 0.318 e. The minimum atomic E-state index is -0.397. The number of pyridine rings is 1. The number of aliphatic hydroxyl groups is 1. The van der Waals surface area contributed by atoms with E-state index in [4.69, 9.17) is 41.1 Å². The second-order valence-electron chi connectivity index (χ2n) is 19.0. The van der Waals surface area contributed by atoms with Crippen LogP contribution in [0, 0.1) is 11.3 Å². The molecule has 0 bridgehead atoms. The first kappa shape index (κ1) is 50.2. The van der Waals surface area contributed by atoms with Crippen molar-refractivity contribution in [2.24, 2.45) is 0 Å². The number of amides is 1. The number of carbonyl (C=O) groups is 1. The number of rotatable bonds is 15. The molecule has 18 heteroatoms. The fourth-order valence-electron chi connectivity index (χ4n) is 10.3. The van der Waals surface area contributed by atoms with Gasteiger partial charge in [0, 0.05) is 105 Å². The number of aryl methyl sites for hydroxylation is 1. The Balaban J connectivity index is 0.00000208. The smallest absolute Gasteiger partial charge is 0.318 e. The molecule has 1 amide bonds. The highest BCUT2D eigenvalue weighted by Crippen LogP contribution is 2.38. The molecule has 17 nitrogen and oxygen atoms in total. The fraction of sp³-hybridized carbons (Fsp3) is 0.463. The van der Waals surface area contributed by atoms with E-state index in [2.05, 4.69) is 92.0 Å². The molecule has 72 heavy (non-hydrogen) atoms. The molecule has 2 aromatic carbocycles. The van der Waals surface area contributed by atoms with Gasteiger partial charge in [-0.25, -0.2) is 9.97 Å². The second-order valence-corrected chi connectivity index (χ2v) is 19.4. The van der Waals surface area contributed by atoms with E-state index in [0.717, 1.165) is 107 Å². The van der Waals surface area contributed by atoms with Crippen LogP contribution in [-0.2, 0) is 30.7 Å². The quantitative estimate of drug-likeness (QED) is 0.0968. The lowest BCUT2D eigenvalue weighted by molar-refractivity contribution is -0.130. The van der Waals surface area contributed by atoms with Gasteiger partial charge < -0.3 is 44.4 Å². The number of carbonyl (C=O) groups excluding carboxylic acids is 1. The Morgan fingerprint density at radius 1 is 0.931 bits per heavy atom. The van der Waals surface area contributed by atoms with E-state index in [1.165, 1.54) is 19.3 Å². The molecule has 0 saturated carbocycles. The van der Waals surface area contributed by atoms with E-state index in [0.29, 0.717) is 68.7 Å². The first-order chi connectivity index (χ1) is 35.2. The van der Waals surface area contributed by atoms with Crippen molar-refractivity contribution < 1.29 is 19.4 Å². The Kier molecular flexibility index (Phi) is 16.2. The van der Waals surface area contributed by atoms with Gasteiger partial charge in [0.05, 0.1) is 42.0 Å². The molecule has 378 valence electrons. The topological polar surface area (TPSA) is 177 Å². The second kappa shape index (κ2) is 23.2. The normalized spacial score (nSPS) is 18.1. The third kappa shape index (κ3) is 11.2. The lowest BCUT2D eigenvalue weighted by atomic mass is 10.0. The molecule has 4 aliphatic rings. The molecule has 2 atom stereocenters. The average Bonchev–Trinajstić information content (AvgIpc) is 4.04. The standard InChI is InChI=1S/C52H60ClN13O3.C2H6O/c1-4-37-30-57-66-45(27-46(59-49(37)66)62-22-6-5-7-23-62)55-28-36-16-17-47(56-29-36)68-33-35(2)51(67)65-26-25-64(31-39(65)18-20-54)50-41-19-24-63(44-15-9-12-38-11-8-14-42(53)48(38)44)32-43(41)58-52(60-50)69-34-40-13-10-21-61(40)3;1-2-3/h8-9,11-12,14-17,27,29-30,39-40,55H,2,4-7,10,13,18-19,21-26,28,31-34H2,1,3H3;3H,2H2,1H3. The Labute approximate surface area is 427 Å². The molecule has 0 aliphatic carbocycles. The third-order valence-electron chi connectivity index (χ3n) is 14.2. The summed E-state index contributed by atoms with van der Waals surface area (Å²) in [5.41, 5.74) is 6.27. The van der Waals surface area contributed by atoms with Gasteiger partial charge in [-0.3, -0.25) is 4.79 Å². The summed E-state index contributed by atoms with van der Waals surface area (Å²) in [6.45, 7) is 14.9. The third-order valence-corrected chi connectivity index (χ3v) is 14.5. The van der Waals surface area contributed by atoms with Crippen molar-refractivity contribution in [2.45, 2.75) is 90.4 Å². The zero-order chi connectivity index (χ0) is 50.1. The number of aliphatic hydroxyl groups excluding tert-OH is 1. The zero-order valence-corrected chi connectivity index (χ0v) is 42.5. The van der Waals surface area contributed by atoms with Gasteiger partial charge in [0.25, 0.3) is 5.91 Å². The van der Waals surface area contributed by atoms with E-state index < -0.39 is 6.04 Å². The molecule has 3 fully saturated rings. The van der Waals surface area contributed by atoms with Crippen LogP contribution < -0.4 is 29.5 Å². The van der Waals surface area contributed by atoms with Crippen LogP contribution in [-0.4, -0.2) is 135 Å². The summed E-state index contributed by atoms with van der Waals surface area (Å²) in [6, 6.07) is 20.7. The molecule has 2 unspecified atom stereocenters. The molecular weight excluding hydrogens is 930 g/mol. The van der Waals surface area contributed by atoms with Crippen LogP contribution in [0.25, 0.3) is 16.4 Å². The number of fused-ring (bicyclic) bond motifs is 3. The highest BCUT2D eigenvalue weighted by molar-refractivity contribution is 6.36. The van der Waals surface area contributed by atoms with Crippen molar-refractivity contribution in [3.8, 4) is 18.0 Å². The molecule has 0 spiro atoms. The van der Waals surface area contributed by atoms with Crippen LogP contribution in [0.2, 0.25) is 5.02 Å². The van der Waals surface area contributed by atoms with Crippen LogP contribution in [0.15, 0.2) is 79.1 Å². The van der Waals surface area contributed by atoms with Crippen molar-refractivity contribution in [1.82, 2.24) is 39.3 Å². The van der Waals surface area contributed by atoms with E-state index in [1.54, 1.807) is 24.1 Å². The Bertz CT molecular complexity index is 2900. The molecule has 10 rings (SSSR count). The van der Waals surface area contributed by atoms with Crippen molar-refractivity contribution >= 4 is 57.1 Å². The van der Waals surface area contributed by atoms with Gasteiger partial charge in [-0.15, -0.1) is 0 Å². The number of hydrogen-bond donors (Lipinski definition) is 2. The van der Waals surface area contributed by atoms with Gasteiger partial charge in [-0.1, -0.05) is 55.4 Å². The van der Waals surface area contributed by atoms with Crippen LogP contribution in [0.3, 0.4) is 0 Å². The molecular formula is C54H66ClN13O4. The molecule has 8 heterocycles. The number of nitrogens with zero attached hydrogens (tertiary/aromatic N) is 12. The molecule has 0 radical (unpaired) electrons. The van der Waals surface area contributed by atoms with Crippen molar-refractivity contribution in [3.63, 3.8) is 0 Å². The van der Waals surface area contributed by atoms with Gasteiger partial charge in [0.15, 0.2) is 5.65 Å². The first-order valence-electron chi connectivity index (χ1n) is 25.5. The highest BCUT2D eigenvalue weighted by Gasteiger charge is 2.35. The molecule has 4 aliphatic heterocycles.